The fourth-order valence-electron chi connectivity index (χ4n) is 2.55. The third kappa shape index (κ3) is 2.86. The summed E-state index contributed by atoms with van der Waals surface area (Å²) in [5, 5.41) is 3.56. The van der Waals surface area contributed by atoms with E-state index in [4.69, 9.17) is 0 Å². The number of hydrogen-bond donors (Lipinski definition) is 3. The van der Waals surface area contributed by atoms with Crippen LogP contribution in [-0.2, 0) is 0 Å². The minimum absolute atomic E-state index is 0.380. The van der Waals surface area contributed by atoms with Gasteiger partial charge in [0, 0.05) is 5.92 Å². The largest absolute Gasteiger partial charge is 0.301 e. The highest BCUT2D eigenvalue weighted by atomic mass is 15.5. The predicted octanol–water partition coefficient (Wildman–Crippen LogP) is 2.19. The second-order valence-corrected chi connectivity index (χ2v) is 4.68. The molecule has 3 nitrogen and oxygen atoms in total. The van der Waals surface area contributed by atoms with E-state index < -0.39 is 0 Å². The van der Waals surface area contributed by atoms with Crippen LogP contribution in [0.4, 0.5) is 0 Å². The lowest BCUT2D eigenvalue weighted by atomic mass is 9.90. The molecule has 0 saturated carbocycles. The molecule has 1 aliphatic rings. The number of nitrogens with one attached hydrogen (secondary N) is 3. The molecular weight excluding hydrogens is 210 g/mol. The van der Waals surface area contributed by atoms with E-state index >= 15 is 0 Å². The highest BCUT2D eigenvalue weighted by Crippen LogP contribution is 2.29. The molecule has 17 heavy (non-hydrogen) atoms. The zero-order valence-corrected chi connectivity index (χ0v) is 10.7. The first-order valence-corrected chi connectivity index (χ1v) is 6.66. The summed E-state index contributed by atoms with van der Waals surface area (Å²) in [6, 6.07) is 11.1. The molecule has 3 atom stereocenters. The van der Waals surface area contributed by atoms with E-state index in [1.54, 1.807) is 0 Å². The molecule has 0 spiro atoms. The monoisotopic (exact) mass is 233 g/mol. The molecule has 1 aromatic carbocycles. The van der Waals surface area contributed by atoms with Gasteiger partial charge in [-0.2, -0.15) is 0 Å². The Labute approximate surface area is 104 Å². The van der Waals surface area contributed by atoms with Crippen molar-refractivity contribution in [3.63, 3.8) is 0 Å². The summed E-state index contributed by atoms with van der Waals surface area (Å²) < 4.78 is 0. The molecule has 94 valence electrons. The number of hydrogen-bond acceptors (Lipinski definition) is 3. The van der Waals surface area contributed by atoms with Crippen molar-refractivity contribution in [1.29, 1.82) is 0 Å². The quantitative estimate of drug-likeness (QED) is 0.729. The summed E-state index contributed by atoms with van der Waals surface area (Å²) in [5.41, 5.74) is 8.17. The molecule has 1 saturated heterocycles. The summed E-state index contributed by atoms with van der Waals surface area (Å²) in [7, 11) is 0. The summed E-state index contributed by atoms with van der Waals surface area (Å²) in [6.45, 7) is 5.53. The lowest BCUT2D eigenvalue weighted by Gasteiger charge is -2.22. The second-order valence-electron chi connectivity index (χ2n) is 4.68. The normalized spacial score (nSPS) is 28.5. The first-order chi connectivity index (χ1) is 8.36. The van der Waals surface area contributed by atoms with Crippen LogP contribution in [0.5, 0.6) is 0 Å². The topological polar surface area (TPSA) is 36.1 Å². The van der Waals surface area contributed by atoms with E-state index in [-0.39, 0.29) is 0 Å². The van der Waals surface area contributed by atoms with Gasteiger partial charge in [-0.3, -0.25) is 0 Å². The van der Waals surface area contributed by atoms with Crippen LogP contribution in [0.2, 0.25) is 0 Å². The minimum atomic E-state index is 0.380. The van der Waals surface area contributed by atoms with Crippen molar-refractivity contribution in [2.75, 3.05) is 6.54 Å². The third-order valence-corrected chi connectivity index (χ3v) is 3.49. The van der Waals surface area contributed by atoms with E-state index in [1.165, 1.54) is 18.4 Å². The smallest absolute Gasteiger partial charge is 0.0751 e. The summed E-state index contributed by atoms with van der Waals surface area (Å²) in [6.07, 6.45) is 2.72. The Morgan fingerprint density at radius 3 is 2.53 bits per heavy atom. The van der Waals surface area contributed by atoms with Gasteiger partial charge < -0.3 is 5.32 Å². The lowest BCUT2D eigenvalue weighted by molar-refractivity contribution is 0.350. The Morgan fingerprint density at radius 2 is 1.88 bits per heavy atom. The molecule has 1 aliphatic heterocycles. The van der Waals surface area contributed by atoms with Gasteiger partial charge in [-0.25, -0.2) is 10.9 Å². The molecule has 1 aromatic rings. The van der Waals surface area contributed by atoms with Gasteiger partial charge >= 0.3 is 0 Å². The van der Waals surface area contributed by atoms with Gasteiger partial charge in [-0.15, -0.1) is 0 Å². The van der Waals surface area contributed by atoms with Gasteiger partial charge in [0.05, 0.1) is 12.2 Å². The van der Waals surface area contributed by atoms with Crippen molar-refractivity contribution in [3.05, 3.63) is 35.9 Å². The molecule has 0 bridgehead atoms. The number of hydrazine groups is 1. The molecule has 3 unspecified atom stereocenters. The van der Waals surface area contributed by atoms with Crippen molar-refractivity contribution in [2.24, 2.45) is 5.92 Å². The lowest BCUT2D eigenvalue weighted by Crippen LogP contribution is -2.44. The number of benzene rings is 1. The molecule has 0 radical (unpaired) electrons. The molecule has 2 rings (SSSR count). The van der Waals surface area contributed by atoms with Gasteiger partial charge in [0.1, 0.15) is 0 Å². The van der Waals surface area contributed by atoms with Gasteiger partial charge in [-0.1, -0.05) is 44.2 Å². The summed E-state index contributed by atoms with van der Waals surface area (Å²) >= 11 is 0. The van der Waals surface area contributed by atoms with Crippen LogP contribution in [0, 0.1) is 5.92 Å². The van der Waals surface area contributed by atoms with E-state index in [1.807, 2.05) is 0 Å². The number of rotatable bonds is 5. The first-order valence-electron chi connectivity index (χ1n) is 6.66. The van der Waals surface area contributed by atoms with E-state index in [2.05, 4.69) is 60.3 Å². The minimum Gasteiger partial charge on any atom is -0.301 e. The van der Waals surface area contributed by atoms with Crippen molar-refractivity contribution < 1.29 is 0 Å². The maximum absolute atomic E-state index is 3.56. The van der Waals surface area contributed by atoms with Gasteiger partial charge in [0.15, 0.2) is 0 Å². The third-order valence-electron chi connectivity index (χ3n) is 3.49. The van der Waals surface area contributed by atoms with Crippen LogP contribution in [-0.4, -0.2) is 12.7 Å². The van der Waals surface area contributed by atoms with Crippen LogP contribution >= 0.6 is 0 Å². The molecule has 3 heteroatoms. The summed E-state index contributed by atoms with van der Waals surface area (Å²) in [5.74, 6) is 0.601. The van der Waals surface area contributed by atoms with Crippen molar-refractivity contribution in [2.45, 2.75) is 38.9 Å². The van der Waals surface area contributed by atoms with Crippen LogP contribution in [0.1, 0.15) is 38.3 Å². The Hall–Kier alpha value is -0.900. The van der Waals surface area contributed by atoms with Gasteiger partial charge in [0.2, 0.25) is 0 Å². The zero-order valence-electron chi connectivity index (χ0n) is 10.7. The Balaban J connectivity index is 2.05. The van der Waals surface area contributed by atoms with E-state index in [0.717, 1.165) is 6.54 Å². The molecule has 3 N–H and O–H groups in total. The fourth-order valence-corrected chi connectivity index (χ4v) is 2.55. The average molecular weight is 233 g/mol. The summed E-state index contributed by atoms with van der Waals surface area (Å²) in [4.78, 5) is 0. The van der Waals surface area contributed by atoms with Crippen LogP contribution in [0.3, 0.4) is 0 Å². The Morgan fingerprint density at radius 1 is 1.12 bits per heavy atom. The van der Waals surface area contributed by atoms with Gasteiger partial charge in [-0.05, 0) is 24.9 Å². The van der Waals surface area contributed by atoms with E-state index in [0.29, 0.717) is 18.1 Å². The molecule has 0 aliphatic carbocycles. The highest BCUT2D eigenvalue weighted by Gasteiger charge is 2.34. The van der Waals surface area contributed by atoms with Crippen molar-refractivity contribution in [1.82, 2.24) is 16.2 Å². The molecule has 0 amide bonds. The van der Waals surface area contributed by atoms with Crippen LogP contribution in [0.25, 0.3) is 0 Å². The molecule has 0 aromatic heterocycles. The molecule has 1 heterocycles. The second kappa shape index (κ2) is 6.15. The van der Waals surface area contributed by atoms with Crippen molar-refractivity contribution in [3.8, 4) is 0 Å². The van der Waals surface area contributed by atoms with Crippen LogP contribution < -0.4 is 16.2 Å². The van der Waals surface area contributed by atoms with E-state index in [9.17, 15) is 0 Å². The van der Waals surface area contributed by atoms with Crippen LogP contribution in [0.15, 0.2) is 30.3 Å². The fraction of sp³-hybridized carbons (Fsp3) is 0.571. The standard InChI is InChI=1S/C14H23N3/c1-3-10-15-14-12(4-2)13(16-17-14)11-8-6-5-7-9-11/h5-9,12-17H,3-4,10H2,1-2H3. The highest BCUT2D eigenvalue weighted by molar-refractivity contribution is 5.21. The predicted molar refractivity (Wildman–Crippen MR) is 71.3 cm³/mol. The SMILES string of the molecule is CCCNC1NNC(c2ccccc2)C1CC. The zero-order chi connectivity index (χ0) is 12.1. The Kier molecular flexibility index (Phi) is 4.54. The first kappa shape index (κ1) is 12.6. The maximum Gasteiger partial charge on any atom is 0.0751 e. The molecular formula is C14H23N3. The Bertz CT molecular complexity index is 325. The molecule has 1 fully saturated rings. The average Bonchev–Trinajstić information content (AvgIpc) is 2.80. The maximum atomic E-state index is 3.56. The van der Waals surface area contributed by atoms with Crippen molar-refractivity contribution >= 4 is 0 Å². The van der Waals surface area contributed by atoms with Gasteiger partial charge in [0.25, 0.3) is 0 Å².